The summed E-state index contributed by atoms with van der Waals surface area (Å²) < 4.78 is 0. The number of aliphatic carboxylic acids is 1. The third kappa shape index (κ3) is 2.80. The Balaban J connectivity index is 2.55. The lowest BCUT2D eigenvalue weighted by atomic mass is 10.2. The molecule has 1 rings (SSSR count). The van der Waals surface area contributed by atoms with Gasteiger partial charge in [-0.05, 0) is 18.6 Å². The zero-order valence-corrected chi connectivity index (χ0v) is 6.03. The Kier molecular flexibility index (Phi) is 2.60. The van der Waals surface area contributed by atoms with Gasteiger partial charge in [0.25, 0.3) is 0 Å². The van der Waals surface area contributed by atoms with Gasteiger partial charge in [-0.1, -0.05) is 6.08 Å². The second-order valence-electron chi connectivity index (χ2n) is 2.17. The quantitative estimate of drug-likeness (QED) is 0.599. The van der Waals surface area contributed by atoms with Crippen LogP contribution in [-0.4, -0.2) is 23.3 Å². The van der Waals surface area contributed by atoms with Gasteiger partial charge in [-0.3, -0.25) is 4.99 Å². The molecule has 0 aromatic carbocycles. The van der Waals surface area contributed by atoms with Crippen molar-refractivity contribution in [3.8, 4) is 0 Å². The van der Waals surface area contributed by atoms with Gasteiger partial charge >= 0.3 is 5.97 Å². The van der Waals surface area contributed by atoms with Gasteiger partial charge in [-0.25, -0.2) is 4.79 Å². The maximum absolute atomic E-state index is 10.1. The molecular weight excluding hydrogens is 142 g/mol. The van der Waals surface area contributed by atoms with Crippen molar-refractivity contribution in [3.63, 3.8) is 0 Å². The zero-order chi connectivity index (χ0) is 8.10. The molecule has 0 saturated heterocycles. The van der Waals surface area contributed by atoms with Crippen molar-refractivity contribution in [3.05, 3.63) is 24.3 Å². The monoisotopic (exact) mass is 151 g/mol. The lowest BCUT2D eigenvalue weighted by Crippen LogP contribution is -1.97. The zero-order valence-electron chi connectivity index (χ0n) is 6.03. The van der Waals surface area contributed by atoms with Crippen LogP contribution in [-0.2, 0) is 4.79 Å². The van der Waals surface area contributed by atoms with Crippen LogP contribution in [0.4, 0.5) is 0 Å². The molecule has 3 nitrogen and oxygen atoms in total. The average molecular weight is 151 g/mol. The van der Waals surface area contributed by atoms with E-state index in [1.165, 1.54) is 6.08 Å². The van der Waals surface area contributed by atoms with Crippen LogP contribution < -0.4 is 0 Å². The van der Waals surface area contributed by atoms with Gasteiger partial charge in [0.05, 0.1) is 5.71 Å². The molecule has 0 saturated carbocycles. The number of aliphatic imine (C=N–C) groups is 1. The largest absolute Gasteiger partial charge is 0.478 e. The fourth-order valence-electron chi connectivity index (χ4n) is 0.790. The minimum Gasteiger partial charge on any atom is -0.478 e. The molecular formula is C8H9NO2. The van der Waals surface area contributed by atoms with Crippen molar-refractivity contribution in [2.24, 2.45) is 4.99 Å². The van der Waals surface area contributed by atoms with Crippen LogP contribution >= 0.6 is 0 Å². The number of nitrogens with zero attached hydrogens (tertiary/aromatic N) is 1. The molecule has 3 heteroatoms. The summed E-state index contributed by atoms with van der Waals surface area (Å²) in [6.07, 6.45) is 7.34. The molecule has 0 spiro atoms. The van der Waals surface area contributed by atoms with E-state index in [2.05, 4.69) is 4.99 Å². The van der Waals surface area contributed by atoms with Gasteiger partial charge < -0.3 is 5.11 Å². The Hall–Kier alpha value is -1.38. The van der Waals surface area contributed by atoms with E-state index >= 15 is 0 Å². The first-order valence-electron chi connectivity index (χ1n) is 3.41. The Morgan fingerprint density at radius 1 is 1.73 bits per heavy atom. The summed E-state index contributed by atoms with van der Waals surface area (Å²) in [4.78, 5) is 14.2. The summed E-state index contributed by atoms with van der Waals surface area (Å²) in [5.41, 5.74) is 0.735. The molecule has 1 N–H and O–H groups in total. The molecule has 0 aliphatic carbocycles. The Labute approximate surface area is 64.8 Å². The van der Waals surface area contributed by atoms with Gasteiger partial charge in [-0.15, -0.1) is 0 Å². The van der Waals surface area contributed by atoms with Crippen molar-refractivity contribution in [2.45, 2.75) is 6.42 Å². The van der Waals surface area contributed by atoms with Crippen molar-refractivity contribution in [2.75, 3.05) is 6.54 Å². The number of hydrogen-bond acceptors (Lipinski definition) is 2. The Bertz CT molecular complexity index is 238. The standard InChI is InChI=1S/C8H9NO2/c10-8(11)5-4-7-3-1-2-6-9-7/h1,3-5H,2,6H2,(H,10,11)/b5-4+. The Morgan fingerprint density at radius 3 is 3.09 bits per heavy atom. The second-order valence-corrected chi connectivity index (χ2v) is 2.17. The van der Waals surface area contributed by atoms with Crippen molar-refractivity contribution >= 4 is 11.7 Å². The number of allylic oxidation sites excluding steroid dienone is 2. The number of carboxylic acids is 1. The third-order valence-corrected chi connectivity index (χ3v) is 1.28. The minimum absolute atomic E-state index is 0.735. The molecule has 0 atom stereocenters. The van der Waals surface area contributed by atoms with Crippen molar-refractivity contribution in [1.82, 2.24) is 0 Å². The topological polar surface area (TPSA) is 49.7 Å². The van der Waals surface area contributed by atoms with E-state index in [9.17, 15) is 4.79 Å². The van der Waals surface area contributed by atoms with Gasteiger partial charge in [0.15, 0.2) is 0 Å². The summed E-state index contributed by atoms with van der Waals surface area (Å²) in [6, 6.07) is 0. The molecule has 11 heavy (non-hydrogen) atoms. The molecule has 1 aliphatic rings. The van der Waals surface area contributed by atoms with Gasteiger partial charge in [0.1, 0.15) is 0 Å². The first-order valence-corrected chi connectivity index (χ1v) is 3.41. The first-order chi connectivity index (χ1) is 5.29. The van der Waals surface area contributed by atoms with Crippen LogP contribution in [0.1, 0.15) is 6.42 Å². The molecule has 0 unspecified atom stereocenters. The molecule has 0 bridgehead atoms. The van der Waals surface area contributed by atoms with Gasteiger partial charge in [-0.2, -0.15) is 0 Å². The molecule has 1 aliphatic heterocycles. The van der Waals surface area contributed by atoms with Crippen LogP contribution in [0.5, 0.6) is 0 Å². The normalized spacial score (nSPS) is 16.9. The molecule has 1 heterocycles. The predicted molar refractivity (Wildman–Crippen MR) is 42.8 cm³/mol. The van der Waals surface area contributed by atoms with E-state index in [1.807, 2.05) is 12.2 Å². The number of rotatable bonds is 2. The smallest absolute Gasteiger partial charge is 0.328 e. The molecule has 0 aromatic heterocycles. The van der Waals surface area contributed by atoms with Crippen molar-refractivity contribution < 1.29 is 9.90 Å². The van der Waals surface area contributed by atoms with E-state index in [-0.39, 0.29) is 0 Å². The molecule has 0 aromatic rings. The van der Waals surface area contributed by atoms with E-state index in [4.69, 9.17) is 5.11 Å². The predicted octanol–water partition coefficient (Wildman–Crippen LogP) is 1.03. The molecule has 0 fully saturated rings. The van der Waals surface area contributed by atoms with Crippen LogP contribution in [0.15, 0.2) is 29.3 Å². The average Bonchev–Trinajstić information content (AvgIpc) is 2.03. The van der Waals surface area contributed by atoms with Crippen LogP contribution in [0.3, 0.4) is 0 Å². The molecule has 58 valence electrons. The highest BCUT2D eigenvalue weighted by molar-refractivity contribution is 6.06. The minimum atomic E-state index is -0.938. The van der Waals surface area contributed by atoms with Crippen LogP contribution in [0, 0.1) is 0 Å². The van der Waals surface area contributed by atoms with Crippen LogP contribution in [0.25, 0.3) is 0 Å². The summed E-state index contributed by atoms with van der Waals surface area (Å²) in [5.74, 6) is -0.938. The summed E-state index contributed by atoms with van der Waals surface area (Å²) in [7, 11) is 0. The number of hydrogen-bond donors (Lipinski definition) is 1. The summed E-state index contributed by atoms with van der Waals surface area (Å²) in [5, 5.41) is 8.28. The van der Waals surface area contributed by atoms with E-state index in [1.54, 1.807) is 0 Å². The first kappa shape index (κ1) is 7.72. The number of carbonyl (C=O) groups is 1. The lowest BCUT2D eigenvalue weighted by Gasteiger charge is -1.98. The summed E-state index contributed by atoms with van der Waals surface area (Å²) in [6.45, 7) is 0.760. The molecule has 0 amide bonds. The highest BCUT2D eigenvalue weighted by atomic mass is 16.4. The van der Waals surface area contributed by atoms with E-state index < -0.39 is 5.97 Å². The van der Waals surface area contributed by atoms with E-state index in [0.717, 1.165) is 24.8 Å². The SMILES string of the molecule is O=C(O)/C=C/C1=NCCC=C1. The lowest BCUT2D eigenvalue weighted by molar-refractivity contribution is -0.131. The highest BCUT2D eigenvalue weighted by Gasteiger charge is 1.94. The number of dihydropyridines is 1. The fourth-order valence-corrected chi connectivity index (χ4v) is 0.790. The van der Waals surface area contributed by atoms with E-state index in [0.29, 0.717) is 0 Å². The maximum Gasteiger partial charge on any atom is 0.328 e. The third-order valence-electron chi connectivity index (χ3n) is 1.28. The fraction of sp³-hybridized carbons (Fsp3) is 0.250. The second kappa shape index (κ2) is 3.71. The van der Waals surface area contributed by atoms with Gasteiger partial charge in [0, 0.05) is 12.6 Å². The van der Waals surface area contributed by atoms with Gasteiger partial charge in [0.2, 0.25) is 0 Å². The number of carboxylic acid groups (broad SMARTS) is 1. The van der Waals surface area contributed by atoms with Crippen LogP contribution in [0.2, 0.25) is 0 Å². The maximum atomic E-state index is 10.1. The van der Waals surface area contributed by atoms with Crippen molar-refractivity contribution in [1.29, 1.82) is 0 Å². The Morgan fingerprint density at radius 2 is 2.55 bits per heavy atom. The highest BCUT2D eigenvalue weighted by Crippen LogP contribution is 1.97. The summed E-state index contributed by atoms with van der Waals surface area (Å²) >= 11 is 0. The molecule has 0 radical (unpaired) electrons.